The summed E-state index contributed by atoms with van der Waals surface area (Å²) in [7, 11) is 1.20. The zero-order chi connectivity index (χ0) is 11.8. The van der Waals surface area contributed by atoms with Crippen molar-refractivity contribution in [1.82, 2.24) is 5.32 Å². The number of rotatable bonds is 3. The van der Waals surface area contributed by atoms with Gasteiger partial charge in [0, 0.05) is 17.4 Å². The van der Waals surface area contributed by atoms with Crippen molar-refractivity contribution in [3.8, 4) is 0 Å². The summed E-state index contributed by atoms with van der Waals surface area (Å²) in [5.74, 6) is -1.28. The number of thioether (sulfide) groups is 1. The molecule has 0 spiro atoms. The van der Waals surface area contributed by atoms with Gasteiger partial charge >= 0.3 is 5.97 Å². The van der Waals surface area contributed by atoms with Gasteiger partial charge < -0.3 is 4.74 Å². The van der Waals surface area contributed by atoms with E-state index in [-0.39, 0.29) is 5.25 Å². The molecule has 0 aromatic heterocycles. The van der Waals surface area contributed by atoms with E-state index in [1.807, 2.05) is 13.8 Å². The molecule has 5 nitrogen and oxygen atoms in total. The number of esters is 1. The average molecular weight is 231 g/mol. The van der Waals surface area contributed by atoms with Crippen LogP contribution in [0.25, 0.3) is 0 Å². The van der Waals surface area contributed by atoms with Crippen LogP contribution < -0.4 is 5.32 Å². The van der Waals surface area contributed by atoms with Gasteiger partial charge in [-0.1, -0.05) is 25.6 Å². The maximum absolute atomic E-state index is 11.1. The largest absolute Gasteiger partial charge is 0.466 e. The molecule has 0 aromatic carbocycles. The molecule has 0 fully saturated rings. The second kappa shape index (κ2) is 7.05. The highest BCUT2D eigenvalue weighted by atomic mass is 32.2. The highest BCUT2D eigenvalue weighted by Crippen LogP contribution is 2.09. The van der Waals surface area contributed by atoms with Crippen LogP contribution in [0.2, 0.25) is 0 Å². The van der Waals surface area contributed by atoms with Crippen LogP contribution in [0.4, 0.5) is 4.79 Å². The van der Waals surface area contributed by atoms with Gasteiger partial charge in [-0.2, -0.15) is 0 Å². The fraction of sp³-hybridized carbons (Fsp3) is 0.444. The summed E-state index contributed by atoms with van der Waals surface area (Å²) < 4.78 is 4.27. The number of methoxy groups -OCH3 is 1. The van der Waals surface area contributed by atoms with Crippen LogP contribution in [0.3, 0.4) is 0 Å². The van der Waals surface area contributed by atoms with E-state index in [1.165, 1.54) is 7.11 Å². The van der Waals surface area contributed by atoms with Crippen molar-refractivity contribution in [3.63, 3.8) is 0 Å². The molecule has 84 valence electrons. The number of amides is 2. The standard InChI is InChI=1S/C9H13NO4S/c1-6(2)15-9(13)10-7(11)4-5-8(12)14-3/h4-6H,1-3H3,(H,10,11,13)/b5-4+. The monoisotopic (exact) mass is 231 g/mol. The van der Waals surface area contributed by atoms with Crippen molar-refractivity contribution < 1.29 is 19.1 Å². The third-order valence-corrected chi connectivity index (χ3v) is 1.93. The summed E-state index contributed by atoms with van der Waals surface area (Å²) in [6.07, 6.45) is 1.90. The smallest absolute Gasteiger partial charge is 0.330 e. The molecule has 0 unspecified atom stereocenters. The quantitative estimate of drug-likeness (QED) is 0.581. The van der Waals surface area contributed by atoms with E-state index in [2.05, 4.69) is 10.1 Å². The predicted octanol–water partition coefficient (Wildman–Crippen LogP) is 1.09. The van der Waals surface area contributed by atoms with Crippen LogP contribution in [-0.2, 0) is 14.3 Å². The average Bonchev–Trinajstić information content (AvgIpc) is 2.12. The van der Waals surface area contributed by atoms with E-state index in [4.69, 9.17) is 0 Å². The van der Waals surface area contributed by atoms with Gasteiger partial charge in [0.15, 0.2) is 0 Å². The maximum atomic E-state index is 11.1. The topological polar surface area (TPSA) is 72.5 Å². The lowest BCUT2D eigenvalue weighted by Gasteiger charge is -2.02. The van der Waals surface area contributed by atoms with Gasteiger partial charge in [0.05, 0.1) is 7.11 Å². The summed E-state index contributed by atoms with van der Waals surface area (Å²) in [5, 5.41) is 1.74. The van der Waals surface area contributed by atoms with Crippen LogP contribution in [0.1, 0.15) is 13.8 Å². The summed E-state index contributed by atoms with van der Waals surface area (Å²) in [4.78, 5) is 32.7. The minimum absolute atomic E-state index is 0.0994. The number of ether oxygens (including phenoxy) is 1. The van der Waals surface area contributed by atoms with Gasteiger partial charge in [-0.05, 0) is 0 Å². The molecule has 0 atom stereocenters. The normalized spacial score (nSPS) is 10.4. The van der Waals surface area contributed by atoms with Crippen molar-refractivity contribution in [2.45, 2.75) is 19.1 Å². The van der Waals surface area contributed by atoms with Crippen molar-refractivity contribution in [3.05, 3.63) is 12.2 Å². The zero-order valence-corrected chi connectivity index (χ0v) is 9.59. The van der Waals surface area contributed by atoms with Gasteiger partial charge in [-0.3, -0.25) is 14.9 Å². The minimum atomic E-state index is -0.644. The molecule has 1 N–H and O–H groups in total. The molecule has 0 bridgehead atoms. The highest BCUT2D eigenvalue weighted by Gasteiger charge is 2.08. The third-order valence-electron chi connectivity index (χ3n) is 1.14. The van der Waals surface area contributed by atoms with E-state index in [0.717, 1.165) is 23.9 Å². The molecular formula is C9H13NO4S. The molecule has 0 heterocycles. The van der Waals surface area contributed by atoms with Crippen LogP contribution in [0.15, 0.2) is 12.2 Å². The number of imide groups is 1. The first-order chi connectivity index (χ1) is 6.95. The van der Waals surface area contributed by atoms with Gasteiger partial charge in [0.2, 0.25) is 0 Å². The summed E-state index contributed by atoms with van der Waals surface area (Å²) in [6, 6.07) is 0. The molecule has 0 aliphatic rings. The van der Waals surface area contributed by atoms with E-state index in [1.54, 1.807) is 0 Å². The number of hydrogen-bond acceptors (Lipinski definition) is 5. The number of carbonyl (C=O) groups excluding carboxylic acids is 3. The van der Waals surface area contributed by atoms with E-state index < -0.39 is 17.1 Å². The minimum Gasteiger partial charge on any atom is -0.466 e. The van der Waals surface area contributed by atoms with Crippen molar-refractivity contribution in [1.29, 1.82) is 0 Å². The van der Waals surface area contributed by atoms with Gasteiger partial charge in [-0.25, -0.2) is 4.79 Å². The lowest BCUT2D eigenvalue weighted by Crippen LogP contribution is -2.26. The Hall–Kier alpha value is -1.30. The molecule has 0 rings (SSSR count). The first kappa shape index (κ1) is 13.7. The zero-order valence-electron chi connectivity index (χ0n) is 8.77. The molecule has 0 aliphatic heterocycles. The molecule has 0 aromatic rings. The molecule has 0 aliphatic carbocycles. The predicted molar refractivity (Wildman–Crippen MR) is 57.4 cm³/mol. The summed E-state index contributed by atoms with van der Waals surface area (Å²) in [6.45, 7) is 3.66. The Bertz CT molecular complexity index is 286. The van der Waals surface area contributed by atoms with Crippen LogP contribution in [0, 0.1) is 0 Å². The van der Waals surface area contributed by atoms with Gasteiger partial charge in [0.25, 0.3) is 11.1 Å². The molecular weight excluding hydrogens is 218 g/mol. The van der Waals surface area contributed by atoms with E-state index in [0.29, 0.717) is 0 Å². The Morgan fingerprint density at radius 2 is 1.87 bits per heavy atom. The summed E-state index contributed by atoms with van der Waals surface area (Å²) in [5.41, 5.74) is 0. The molecule has 0 saturated heterocycles. The fourth-order valence-corrected chi connectivity index (χ4v) is 1.19. The Labute approximate surface area is 92.2 Å². The van der Waals surface area contributed by atoms with Crippen LogP contribution in [0.5, 0.6) is 0 Å². The van der Waals surface area contributed by atoms with Crippen LogP contribution >= 0.6 is 11.8 Å². The first-order valence-corrected chi connectivity index (χ1v) is 5.11. The molecule has 15 heavy (non-hydrogen) atoms. The van der Waals surface area contributed by atoms with Crippen molar-refractivity contribution >= 4 is 28.9 Å². The van der Waals surface area contributed by atoms with Crippen molar-refractivity contribution in [2.75, 3.05) is 7.11 Å². The lowest BCUT2D eigenvalue weighted by molar-refractivity contribution is -0.135. The molecule has 0 saturated carbocycles. The lowest BCUT2D eigenvalue weighted by atomic mass is 10.5. The third kappa shape index (κ3) is 7.75. The summed E-state index contributed by atoms with van der Waals surface area (Å²) >= 11 is 1.00. The second-order valence-electron chi connectivity index (χ2n) is 2.80. The molecule has 2 amide bonds. The number of hydrogen-bond donors (Lipinski definition) is 1. The maximum Gasteiger partial charge on any atom is 0.330 e. The second-order valence-corrected chi connectivity index (χ2v) is 4.35. The SMILES string of the molecule is COC(=O)/C=C/C(=O)NC(=O)SC(C)C. The van der Waals surface area contributed by atoms with Gasteiger partial charge in [0.1, 0.15) is 0 Å². The Morgan fingerprint density at radius 3 is 2.33 bits per heavy atom. The van der Waals surface area contributed by atoms with Gasteiger partial charge in [-0.15, -0.1) is 0 Å². The molecule has 0 radical (unpaired) electrons. The fourth-order valence-electron chi connectivity index (χ4n) is 0.598. The van der Waals surface area contributed by atoms with E-state index >= 15 is 0 Å². The Morgan fingerprint density at radius 1 is 1.27 bits per heavy atom. The highest BCUT2D eigenvalue weighted by molar-refractivity contribution is 8.14. The number of nitrogens with one attached hydrogen (secondary N) is 1. The molecule has 6 heteroatoms. The van der Waals surface area contributed by atoms with Crippen molar-refractivity contribution in [2.24, 2.45) is 0 Å². The number of carbonyl (C=O) groups is 3. The first-order valence-electron chi connectivity index (χ1n) is 4.23. The van der Waals surface area contributed by atoms with E-state index in [9.17, 15) is 14.4 Å². The van der Waals surface area contributed by atoms with Crippen LogP contribution in [-0.4, -0.2) is 29.5 Å². The Kier molecular flexibility index (Phi) is 6.44. The Balaban J connectivity index is 3.99.